The molecule has 0 aromatic carbocycles. The standard InChI is InChI=1S/C10H17Cl3N2O2/c1-6-4-15(5-7(2)17-6)9(10(11,12)13)14-8(3)16/h6-7,9H,4-5H2,1-3H3,(H,14,16)/t6-,7-,9-/m1/s1. The highest BCUT2D eigenvalue weighted by molar-refractivity contribution is 6.68. The third-order valence-electron chi connectivity index (χ3n) is 2.46. The van der Waals surface area contributed by atoms with Gasteiger partial charge in [-0.1, -0.05) is 34.8 Å². The second-order valence-corrected chi connectivity index (χ2v) is 6.72. The quantitative estimate of drug-likeness (QED) is 0.793. The highest BCUT2D eigenvalue weighted by atomic mass is 35.6. The molecule has 7 heteroatoms. The topological polar surface area (TPSA) is 41.6 Å². The van der Waals surface area contributed by atoms with Gasteiger partial charge >= 0.3 is 0 Å². The molecule has 3 atom stereocenters. The maximum Gasteiger partial charge on any atom is 0.223 e. The zero-order valence-electron chi connectivity index (χ0n) is 10.0. The monoisotopic (exact) mass is 302 g/mol. The van der Waals surface area contributed by atoms with Crippen LogP contribution in [0.4, 0.5) is 0 Å². The molecule has 0 saturated carbocycles. The van der Waals surface area contributed by atoms with E-state index < -0.39 is 9.96 Å². The van der Waals surface area contributed by atoms with Crippen LogP contribution >= 0.6 is 34.8 Å². The third kappa shape index (κ3) is 4.79. The van der Waals surface area contributed by atoms with Crippen molar-refractivity contribution in [1.29, 1.82) is 0 Å². The first-order valence-electron chi connectivity index (χ1n) is 5.43. The fourth-order valence-corrected chi connectivity index (χ4v) is 2.58. The summed E-state index contributed by atoms with van der Waals surface area (Å²) >= 11 is 17.7. The minimum Gasteiger partial charge on any atom is -0.373 e. The fourth-order valence-electron chi connectivity index (χ4n) is 2.00. The van der Waals surface area contributed by atoms with Crippen molar-refractivity contribution in [2.75, 3.05) is 13.1 Å². The highest BCUT2D eigenvalue weighted by Gasteiger charge is 2.40. The van der Waals surface area contributed by atoms with Gasteiger partial charge in [0.1, 0.15) is 6.17 Å². The van der Waals surface area contributed by atoms with Crippen LogP contribution in [0, 0.1) is 0 Å². The summed E-state index contributed by atoms with van der Waals surface area (Å²) in [6, 6.07) is 0. The normalized spacial score (nSPS) is 28.8. The lowest BCUT2D eigenvalue weighted by Gasteiger charge is -2.42. The Morgan fingerprint density at radius 2 is 1.82 bits per heavy atom. The number of nitrogens with zero attached hydrogens (tertiary/aromatic N) is 1. The van der Waals surface area contributed by atoms with E-state index in [1.165, 1.54) is 6.92 Å². The zero-order chi connectivity index (χ0) is 13.2. The number of morpholine rings is 1. The molecule has 0 unspecified atom stereocenters. The molecular formula is C10H17Cl3N2O2. The summed E-state index contributed by atoms with van der Waals surface area (Å²) in [6.45, 7) is 6.53. The van der Waals surface area contributed by atoms with Gasteiger partial charge in [-0.3, -0.25) is 9.69 Å². The Hall–Kier alpha value is 0.260. The van der Waals surface area contributed by atoms with Gasteiger partial charge in [-0.05, 0) is 13.8 Å². The number of halogens is 3. The van der Waals surface area contributed by atoms with E-state index >= 15 is 0 Å². The third-order valence-corrected chi connectivity index (χ3v) is 3.08. The van der Waals surface area contributed by atoms with Crippen molar-refractivity contribution in [3.63, 3.8) is 0 Å². The van der Waals surface area contributed by atoms with Gasteiger partial charge in [-0.15, -0.1) is 0 Å². The largest absolute Gasteiger partial charge is 0.373 e. The summed E-state index contributed by atoms with van der Waals surface area (Å²) in [7, 11) is 0. The summed E-state index contributed by atoms with van der Waals surface area (Å²) in [6.07, 6.45) is -0.552. The van der Waals surface area contributed by atoms with Crippen LogP contribution in [0.5, 0.6) is 0 Å². The second kappa shape index (κ2) is 5.93. The molecule has 1 rings (SSSR count). The molecule has 1 saturated heterocycles. The van der Waals surface area contributed by atoms with Crippen LogP contribution in [0.15, 0.2) is 0 Å². The number of hydrogen-bond acceptors (Lipinski definition) is 3. The van der Waals surface area contributed by atoms with Gasteiger partial charge in [0, 0.05) is 20.0 Å². The van der Waals surface area contributed by atoms with Crippen LogP contribution in [0.1, 0.15) is 20.8 Å². The Kier molecular flexibility index (Phi) is 5.35. The molecule has 0 aromatic rings. The van der Waals surface area contributed by atoms with E-state index in [-0.39, 0.29) is 18.1 Å². The Morgan fingerprint density at radius 1 is 1.35 bits per heavy atom. The molecule has 1 fully saturated rings. The summed E-state index contributed by atoms with van der Waals surface area (Å²) in [5.74, 6) is -0.229. The molecule has 0 radical (unpaired) electrons. The second-order valence-electron chi connectivity index (χ2n) is 4.36. The first-order valence-corrected chi connectivity index (χ1v) is 6.57. The first kappa shape index (κ1) is 15.3. The van der Waals surface area contributed by atoms with Gasteiger partial charge < -0.3 is 10.1 Å². The van der Waals surface area contributed by atoms with Gasteiger partial charge in [-0.2, -0.15) is 0 Å². The molecule has 1 aliphatic heterocycles. The van der Waals surface area contributed by atoms with Crippen molar-refractivity contribution in [2.45, 2.75) is 42.9 Å². The smallest absolute Gasteiger partial charge is 0.223 e. The summed E-state index contributed by atoms with van der Waals surface area (Å²) in [5, 5.41) is 2.67. The van der Waals surface area contributed by atoms with Gasteiger partial charge in [-0.25, -0.2) is 0 Å². The van der Waals surface area contributed by atoms with Crippen molar-refractivity contribution >= 4 is 40.7 Å². The Bertz CT molecular complexity index is 273. The van der Waals surface area contributed by atoms with Crippen LogP contribution in [-0.4, -0.2) is 46.1 Å². The number of alkyl halides is 3. The van der Waals surface area contributed by atoms with Crippen molar-refractivity contribution in [3.05, 3.63) is 0 Å². The predicted molar refractivity (Wildman–Crippen MR) is 69.5 cm³/mol. The molecule has 0 spiro atoms. The summed E-state index contributed by atoms with van der Waals surface area (Å²) < 4.78 is 4.03. The summed E-state index contributed by atoms with van der Waals surface area (Å²) in [5.41, 5.74) is 0. The van der Waals surface area contributed by atoms with Crippen molar-refractivity contribution in [1.82, 2.24) is 10.2 Å². The van der Waals surface area contributed by atoms with E-state index in [0.717, 1.165) is 0 Å². The van der Waals surface area contributed by atoms with Crippen molar-refractivity contribution in [2.24, 2.45) is 0 Å². The SMILES string of the molecule is CC(=O)N[C@H](N1C[C@@H](C)O[C@H](C)C1)C(Cl)(Cl)Cl. The molecule has 4 nitrogen and oxygen atoms in total. The van der Waals surface area contributed by atoms with Gasteiger partial charge in [0.2, 0.25) is 9.70 Å². The zero-order valence-corrected chi connectivity index (χ0v) is 12.3. The molecule has 1 aliphatic rings. The van der Waals surface area contributed by atoms with E-state index in [1.54, 1.807) is 0 Å². The Balaban J connectivity index is 2.78. The highest BCUT2D eigenvalue weighted by Crippen LogP contribution is 2.33. The van der Waals surface area contributed by atoms with E-state index in [4.69, 9.17) is 39.5 Å². The molecule has 1 amide bonds. The molecule has 1 heterocycles. The molecule has 100 valence electrons. The number of ether oxygens (including phenoxy) is 1. The Morgan fingerprint density at radius 3 is 2.18 bits per heavy atom. The minimum atomic E-state index is -1.57. The van der Waals surface area contributed by atoms with E-state index in [1.807, 2.05) is 18.7 Å². The number of carbonyl (C=O) groups excluding carboxylic acids is 1. The number of rotatable bonds is 2. The first-order chi connectivity index (χ1) is 7.70. The lowest BCUT2D eigenvalue weighted by molar-refractivity contribution is -0.124. The average molecular weight is 304 g/mol. The number of carbonyl (C=O) groups is 1. The lowest BCUT2D eigenvalue weighted by Crippen LogP contribution is -2.60. The van der Waals surface area contributed by atoms with Gasteiger partial charge in [0.25, 0.3) is 0 Å². The van der Waals surface area contributed by atoms with Crippen LogP contribution in [-0.2, 0) is 9.53 Å². The van der Waals surface area contributed by atoms with Crippen LogP contribution in [0.25, 0.3) is 0 Å². The van der Waals surface area contributed by atoms with Gasteiger partial charge in [0.05, 0.1) is 12.2 Å². The maximum absolute atomic E-state index is 11.2. The van der Waals surface area contributed by atoms with E-state index in [2.05, 4.69) is 5.32 Å². The number of amides is 1. The maximum atomic E-state index is 11.2. The number of hydrogen-bond donors (Lipinski definition) is 1. The van der Waals surface area contributed by atoms with Crippen molar-refractivity contribution < 1.29 is 9.53 Å². The number of nitrogens with one attached hydrogen (secondary N) is 1. The minimum absolute atomic E-state index is 0.0439. The van der Waals surface area contributed by atoms with Crippen LogP contribution in [0.2, 0.25) is 0 Å². The molecule has 1 N–H and O–H groups in total. The molecule has 0 aromatic heterocycles. The molecule has 0 bridgehead atoms. The Labute approximate surface area is 117 Å². The van der Waals surface area contributed by atoms with Crippen LogP contribution in [0.3, 0.4) is 0 Å². The molecule has 17 heavy (non-hydrogen) atoms. The van der Waals surface area contributed by atoms with E-state index in [0.29, 0.717) is 13.1 Å². The average Bonchev–Trinajstić information content (AvgIpc) is 2.10. The van der Waals surface area contributed by atoms with Gasteiger partial charge in [0.15, 0.2) is 0 Å². The van der Waals surface area contributed by atoms with Crippen molar-refractivity contribution in [3.8, 4) is 0 Å². The summed E-state index contributed by atoms with van der Waals surface area (Å²) in [4.78, 5) is 13.1. The fraction of sp³-hybridized carbons (Fsp3) is 0.900. The predicted octanol–water partition coefficient (Wildman–Crippen LogP) is 1.93. The lowest BCUT2D eigenvalue weighted by atomic mass is 10.2. The molecule has 0 aliphatic carbocycles. The molecular weight excluding hydrogens is 286 g/mol. The van der Waals surface area contributed by atoms with Crippen LogP contribution < -0.4 is 5.32 Å². The van der Waals surface area contributed by atoms with E-state index in [9.17, 15) is 4.79 Å².